The number of aliphatic carboxylic acids is 2. The topological polar surface area (TPSA) is 158 Å². The Hall–Kier alpha value is -4.43. The van der Waals surface area contributed by atoms with Crippen LogP contribution >= 0.6 is 0 Å². The number of likely N-dealkylation sites (tertiary alicyclic amines) is 1. The maximum Gasteiger partial charge on any atom is 0.421 e. The molecule has 1 atom stereocenters. The van der Waals surface area contributed by atoms with Crippen molar-refractivity contribution in [3.05, 3.63) is 47.6 Å². The van der Waals surface area contributed by atoms with Gasteiger partial charge in [0.05, 0.1) is 24.7 Å². The molecule has 2 aliphatic rings. The lowest BCUT2D eigenvalue weighted by molar-refractivity contribution is -0.139. The van der Waals surface area contributed by atoms with E-state index in [-0.39, 0.29) is 11.9 Å². The van der Waals surface area contributed by atoms with Crippen molar-refractivity contribution >= 4 is 29.4 Å². The van der Waals surface area contributed by atoms with Gasteiger partial charge in [-0.3, -0.25) is 4.79 Å². The Morgan fingerprint density at radius 2 is 1.85 bits per heavy atom. The number of carbonyl (C=O) groups is 3. The maximum atomic E-state index is 13.4. The highest BCUT2D eigenvalue weighted by atomic mass is 19.4. The van der Waals surface area contributed by atoms with Gasteiger partial charge >= 0.3 is 18.1 Å². The van der Waals surface area contributed by atoms with Crippen LogP contribution in [0.3, 0.4) is 0 Å². The lowest BCUT2D eigenvalue weighted by Crippen LogP contribution is -2.34. The van der Waals surface area contributed by atoms with Crippen molar-refractivity contribution in [1.82, 2.24) is 19.9 Å². The summed E-state index contributed by atoms with van der Waals surface area (Å²) in [5, 5.41) is 19.0. The van der Waals surface area contributed by atoms with Gasteiger partial charge in [0, 0.05) is 62.8 Å². The van der Waals surface area contributed by atoms with E-state index < -0.39 is 29.6 Å². The normalized spacial score (nSPS) is 16.7. The third kappa shape index (κ3) is 7.80. The van der Waals surface area contributed by atoms with Crippen molar-refractivity contribution in [1.29, 1.82) is 0 Å². The monoisotopic (exact) mass is 566 g/mol. The number of amides is 1. The number of carboxylic acid groups (broad SMARTS) is 2. The smallest absolute Gasteiger partial charge is 0.421 e. The summed E-state index contributed by atoms with van der Waals surface area (Å²) in [7, 11) is 1.17. The van der Waals surface area contributed by atoms with Crippen molar-refractivity contribution in [2.45, 2.75) is 44.9 Å². The molecule has 0 radical (unpaired) electrons. The zero-order valence-corrected chi connectivity index (χ0v) is 21.8. The van der Waals surface area contributed by atoms with Crippen LogP contribution in [0.5, 0.6) is 5.88 Å². The number of hydrogen-bond acceptors (Lipinski definition) is 9. The van der Waals surface area contributed by atoms with E-state index in [4.69, 9.17) is 14.9 Å². The summed E-state index contributed by atoms with van der Waals surface area (Å²) < 4.78 is 45.1. The largest absolute Gasteiger partial charge is 0.481 e. The molecule has 40 heavy (non-hydrogen) atoms. The first-order valence-electron chi connectivity index (χ1n) is 12.3. The maximum absolute atomic E-state index is 13.4. The van der Waals surface area contributed by atoms with E-state index in [0.29, 0.717) is 62.7 Å². The van der Waals surface area contributed by atoms with Gasteiger partial charge in [-0.05, 0) is 12.5 Å². The Bertz CT molecular complexity index is 1260. The number of anilines is 2. The summed E-state index contributed by atoms with van der Waals surface area (Å²) in [6.07, 6.45) is 1.29. The third-order valence-corrected chi connectivity index (χ3v) is 6.26. The first-order chi connectivity index (χ1) is 18.9. The molecule has 12 nitrogen and oxygen atoms in total. The molecule has 0 bridgehead atoms. The highest BCUT2D eigenvalue weighted by molar-refractivity contribution is 5.89. The van der Waals surface area contributed by atoms with Crippen LogP contribution < -0.4 is 15.0 Å². The Morgan fingerprint density at radius 1 is 1.15 bits per heavy atom. The molecular formula is C25H29F3N6O6. The van der Waals surface area contributed by atoms with Gasteiger partial charge in [0.25, 0.3) is 0 Å². The highest BCUT2D eigenvalue weighted by Crippen LogP contribution is 2.38. The number of hydrogen-bond donors (Lipinski definition) is 3. The summed E-state index contributed by atoms with van der Waals surface area (Å²) in [6.45, 7) is 4.01. The van der Waals surface area contributed by atoms with E-state index in [1.807, 2.05) is 16.7 Å². The fourth-order valence-electron chi connectivity index (χ4n) is 4.33. The molecule has 0 aromatic carbocycles. The minimum atomic E-state index is -4.57. The average Bonchev–Trinajstić information content (AvgIpc) is 3.39. The second-order valence-corrected chi connectivity index (χ2v) is 8.90. The van der Waals surface area contributed by atoms with Gasteiger partial charge < -0.3 is 30.1 Å². The van der Waals surface area contributed by atoms with Crippen LogP contribution in [0, 0.1) is 0 Å². The highest BCUT2D eigenvalue weighted by Gasteiger charge is 2.36. The molecule has 0 spiro atoms. The van der Waals surface area contributed by atoms with Crippen molar-refractivity contribution in [2.75, 3.05) is 37.0 Å². The number of nitrogens with one attached hydrogen (secondary N) is 1. The van der Waals surface area contributed by atoms with E-state index in [9.17, 15) is 27.6 Å². The Labute approximate surface area is 227 Å². The summed E-state index contributed by atoms with van der Waals surface area (Å²) in [5.41, 5.74) is 1.18. The molecule has 2 aliphatic heterocycles. The van der Waals surface area contributed by atoms with E-state index in [1.54, 1.807) is 0 Å². The van der Waals surface area contributed by atoms with Crippen LogP contribution in [-0.2, 0) is 33.5 Å². The summed E-state index contributed by atoms with van der Waals surface area (Å²) in [5.74, 6) is -2.18. The van der Waals surface area contributed by atoms with Gasteiger partial charge in [-0.2, -0.15) is 13.2 Å². The first-order valence-corrected chi connectivity index (χ1v) is 12.3. The number of carboxylic acids is 2. The number of halogens is 3. The van der Waals surface area contributed by atoms with Gasteiger partial charge in [-0.15, -0.1) is 0 Å². The van der Waals surface area contributed by atoms with Crippen molar-refractivity contribution in [3.63, 3.8) is 0 Å². The quantitative estimate of drug-likeness (QED) is 0.423. The Balaban J connectivity index is 0.000000482. The van der Waals surface area contributed by atoms with Crippen LogP contribution in [-0.4, -0.2) is 80.7 Å². The molecule has 1 fully saturated rings. The summed E-state index contributed by atoms with van der Waals surface area (Å²) in [4.78, 5) is 47.4. The Kier molecular flexibility index (Phi) is 9.85. The molecule has 0 unspecified atom stereocenters. The minimum absolute atomic E-state index is 0.0689. The van der Waals surface area contributed by atoms with E-state index in [1.165, 1.54) is 19.6 Å². The van der Waals surface area contributed by atoms with Gasteiger partial charge in [-0.25, -0.2) is 24.5 Å². The average molecular weight is 567 g/mol. The molecule has 2 aromatic heterocycles. The number of ether oxygens (including phenoxy) is 1. The summed E-state index contributed by atoms with van der Waals surface area (Å²) in [6, 6.07) is 1.14. The molecule has 1 amide bonds. The predicted octanol–water partition coefficient (Wildman–Crippen LogP) is 2.60. The van der Waals surface area contributed by atoms with Crippen LogP contribution in [0.4, 0.5) is 24.7 Å². The number of fused-ring (bicyclic) bond motifs is 1. The van der Waals surface area contributed by atoms with E-state index >= 15 is 0 Å². The molecule has 15 heteroatoms. The fourth-order valence-corrected chi connectivity index (χ4v) is 4.33. The van der Waals surface area contributed by atoms with Crippen molar-refractivity contribution < 1.29 is 42.5 Å². The molecule has 0 aliphatic carbocycles. The molecule has 4 rings (SSSR count). The zero-order valence-electron chi connectivity index (χ0n) is 21.8. The standard InChI is InChI=1S/C21H25F3N6O2.C4H4O4/c1-3-18(31)30-6-4-13(10-30)28-19-15-11-29(7-5-17(15)26-12-27-19)14-8-16(21(22,23)24)20(32-2)25-9-14;5-3(6)1-2-4(7)8/h8-9,12-13H,3-7,10-11H2,1-2H3,(H,26,27,28);1-2H,(H,5,6)(H,7,8)/t13-;/m0./s1. The lowest BCUT2D eigenvalue weighted by atomic mass is 10.0. The predicted molar refractivity (Wildman–Crippen MR) is 136 cm³/mol. The Morgan fingerprint density at radius 3 is 2.45 bits per heavy atom. The van der Waals surface area contributed by atoms with Gasteiger partial charge in [0.2, 0.25) is 11.8 Å². The van der Waals surface area contributed by atoms with Crippen LogP contribution in [0.15, 0.2) is 30.7 Å². The molecular weight excluding hydrogens is 537 g/mol. The molecule has 2 aromatic rings. The zero-order chi connectivity index (χ0) is 29.4. The SMILES string of the molecule is CCC(=O)N1CC[C@H](Nc2ncnc3c2CN(c2cnc(OC)c(C(F)(F)F)c2)CC3)C1.O=C(O)C=CC(=O)O. The number of pyridine rings is 1. The number of alkyl halides is 3. The number of nitrogens with zero attached hydrogens (tertiary/aromatic N) is 5. The molecule has 1 saturated heterocycles. The number of carbonyl (C=O) groups excluding carboxylic acids is 1. The number of rotatable bonds is 7. The fraction of sp³-hybridized carbons (Fsp3) is 0.440. The second kappa shape index (κ2) is 13.1. The second-order valence-electron chi connectivity index (χ2n) is 8.90. The van der Waals surface area contributed by atoms with Crippen molar-refractivity contribution in [2.24, 2.45) is 0 Å². The molecule has 4 heterocycles. The van der Waals surface area contributed by atoms with Crippen molar-refractivity contribution in [3.8, 4) is 5.88 Å². The van der Waals surface area contributed by atoms with Gasteiger partial charge in [0.1, 0.15) is 17.7 Å². The van der Waals surface area contributed by atoms with E-state index in [0.717, 1.165) is 23.7 Å². The summed E-state index contributed by atoms with van der Waals surface area (Å²) >= 11 is 0. The minimum Gasteiger partial charge on any atom is -0.481 e. The molecule has 3 N–H and O–H groups in total. The van der Waals surface area contributed by atoms with Gasteiger partial charge in [0.15, 0.2) is 0 Å². The van der Waals surface area contributed by atoms with Crippen LogP contribution in [0.2, 0.25) is 0 Å². The third-order valence-electron chi connectivity index (χ3n) is 6.26. The first kappa shape index (κ1) is 30.1. The van der Waals surface area contributed by atoms with Crippen LogP contribution in [0.1, 0.15) is 36.6 Å². The molecule has 0 saturated carbocycles. The molecule has 216 valence electrons. The van der Waals surface area contributed by atoms with Crippen LogP contribution in [0.25, 0.3) is 0 Å². The number of aromatic nitrogens is 3. The number of methoxy groups -OCH3 is 1. The van der Waals surface area contributed by atoms with E-state index in [2.05, 4.69) is 20.3 Å². The van der Waals surface area contributed by atoms with Gasteiger partial charge in [-0.1, -0.05) is 6.92 Å². The lowest BCUT2D eigenvalue weighted by Gasteiger charge is -2.31.